The van der Waals surface area contributed by atoms with Crippen LogP contribution in [0.15, 0.2) is 52.4 Å². The van der Waals surface area contributed by atoms with Crippen molar-refractivity contribution in [3.63, 3.8) is 0 Å². The van der Waals surface area contributed by atoms with Gasteiger partial charge >= 0.3 is 0 Å². The lowest BCUT2D eigenvalue weighted by Gasteiger charge is -2.12. The Labute approximate surface area is 190 Å². The normalized spacial score (nSPS) is 13.2. The van der Waals surface area contributed by atoms with E-state index in [0.717, 1.165) is 49.8 Å². The first-order valence-corrected chi connectivity index (χ1v) is 11.4. The van der Waals surface area contributed by atoms with E-state index in [4.69, 9.17) is 4.74 Å². The van der Waals surface area contributed by atoms with Crippen molar-refractivity contribution in [1.29, 1.82) is 0 Å². The topological polar surface area (TPSA) is 79.8 Å². The molecule has 2 aromatic carbocycles. The van der Waals surface area contributed by atoms with Crippen molar-refractivity contribution in [2.24, 2.45) is 4.99 Å². The van der Waals surface area contributed by atoms with Gasteiger partial charge in [0.05, 0.1) is 18.0 Å². The Morgan fingerprint density at radius 2 is 1.83 bits per heavy atom. The second-order valence-corrected chi connectivity index (χ2v) is 8.84. The van der Waals surface area contributed by atoms with Gasteiger partial charge in [-0.25, -0.2) is 13.4 Å². The molecule has 0 bridgehead atoms. The van der Waals surface area contributed by atoms with Gasteiger partial charge in [-0.15, -0.1) is 24.0 Å². The molecule has 0 radical (unpaired) electrons. The van der Waals surface area contributed by atoms with Crippen molar-refractivity contribution < 1.29 is 13.2 Å². The first-order valence-electron chi connectivity index (χ1n) is 9.51. The molecule has 0 saturated heterocycles. The lowest BCUT2D eigenvalue weighted by molar-refractivity contribution is 0.357. The van der Waals surface area contributed by atoms with Gasteiger partial charge in [0.1, 0.15) is 5.75 Å². The predicted octanol–water partition coefficient (Wildman–Crippen LogP) is 2.94. The quantitative estimate of drug-likeness (QED) is 0.328. The molecule has 29 heavy (non-hydrogen) atoms. The Morgan fingerprint density at radius 1 is 1.10 bits per heavy atom. The summed E-state index contributed by atoms with van der Waals surface area (Å²) in [7, 11) is -3.17. The van der Waals surface area contributed by atoms with E-state index in [1.54, 1.807) is 24.3 Å². The molecule has 1 aliphatic rings. The molecule has 3 rings (SSSR count). The molecule has 0 saturated carbocycles. The van der Waals surface area contributed by atoms with Crippen LogP contribution in [0.2, 0.25) is 0 Å². The van der Waals surface area contributed by atoms with Crippen LogP contribution >= 0.6 is 24.0 Å². The molecule has 2 aromatic rings. The van der Waals surface area contributed by atoms with Gasteiger partial charge < -0.3 is 15.4 Å². The Kier molecular flexibility index (Phi) is 8.76. The zero-order chi connectivity index (χ0) is 20.0. The Bertz CT molecular complexity index is 944. The molecule has 0 atom stereocenters. The molecular formula is C21H28IN3O3S. The number of hydrogen-bond acceptors (Lipinski definition) is 4. The molecule has 1 aliphatic heterocycles. The lowest BCUT2D eigenvalue weighted by Crippen LogP contribution is -2.38. The molecule has 0 fully saturated rings. The highest BCUT2D eigenvalue weighted by molar-refractivity contribution is 14.0. The van der Waals surface area contributed by atoms with Crippen molar-refractivity contribution in [3.8, 4) is 5.75 Å². The van der Waals surface area contributed by atoms with Crippen LogP contribution in [0.4, 0.5) is 0 Å². The summed E-state index contributed by atoms with van der Waals surface area (Å²) in [5.41, 5.74) is 3.53. The van der Waals surface area contributed by atoms with Gasteiger partial charge in [0, 0.05) is 25.8 Å². The van der Waals surface area contributed by atoms with Crippen molar-refractivity contribution in [2.45, 2.75) is 31.2 Å². The highest BCUT2D eigenvalue weighted by Gasteiger charge is 2.11. The zero-order valence-corrected chi connectivity index (χ0v) is 19.9. The monoisotopic (exact) mass is 529 g/mol. The van der Waals surface area contributed by atoms with Gasteiger partial charge in [0.15, 0.2) is 15.8 Å². The summed E-state index contributed by atoms with van der Waals surface area (Å²) in [5, 5.41) is 6.59. The van der Waals surface area contributed by atoms with E-state index in [0.29, 0.717) is 11.4 Å². The van der Waals surface area contributed by atoms with Gasteiger partial charge in [-0.3, -0.25) is 0 Å². The van der Waals surface area contributed by atoms with Crippen molar-refractivity contribution in [1.82, 2.24) is 10.6 Å². The SMILES string of the molecule is CCNC(=NCc1ccc(S(C)(=O)=O)cc1)NCCc1ccc2c(c1)CCO2.I. The van der Waals surface area contributed by atoms with E-state index < -0.39 is 9.84 Å². The van der Waals surface area contributed by atoms with Crippen LogP contribution in [-0.2, 0) is 29.2 Å². The molecule has 0 unspecified atom stereocenters. The van der Waals surface area contributed by atoms with Crippen LogP contribution in [0.3, 0.4) is 0 Å². The number of benzene rings is 2. The third-order valence-corrected chi connectivity index (χ3v) is 5.70. The van der Waals surface area contributed by atoms with Crippen molar-refractivity contribution in [3.05, 3.63) is 59.2 Å². The van der Waals surface area contributed by atoms with Gasteiger partial charge in [-0.05, 0) is 48.2 Å². The largest absolute Gasteiger partial charge is 0.493 e. The van der Waals surface area contributed by atoms with E-state index in [9.17, 15) is 8.42 Å². The van der Waals surface area contributed by atoms with Crippen LogP contribution < -0.4 is 15.4 Å². The molecule has 0 spiro atoms. The smallest absolute Gasteiger partial charge is 0.191 e. The second-order valence-electron chi connectivity index (χ2n) is 6.83. The number of nitrogens with zero attached hydrogens (tertiary/aromatic N) is 1. The summed E-state index contributed by atoms with van der Waals surface area (Å²) in [4.78, 5) is 4.91. The Morgan fingerprint density at radius 3 is 2.52 bits per heavy atom. The minimum atomic E-state index is -3.17. The van der Waals surface area contributed by atoms with E-state index in [1.165, 1.54) is 17.4 Å². The number of rotatable bonds is 7. The minimum absolute atomic E-state index is 0. The fourth-order valence-corrected chi connectivity index (χ4v) is 3.71. The summed E-state index contributed by atoms with van der Waals surface area (Å²) in [5.74, 6) is 1.76. The Hall–Kier alpha value is -1.81. The Balaban J connectivity index is 0.00000300. The third-order valence-electron chi connectivity index (χ3n) is 4.58. The zero-order valence-electron chi connectivity index (χ0n) is 16.8. The molecule has 8 heteroatoms. The maximum absolute atomic E-state index is 11.5. The van der Waals surface area contributed by atoms with Crippen LogP contribution in [0.25, 0.3) is 0 Å². The highest BCUT2D eigenvalue weighted by atomic mass is 127. The summed E-state index contributed by atoms with van der Waals surface area (Å²) in [6.45, 7) is 4.83. The molecule has 2 N–H and O–H groups in total. The first kappa shape index (κ1) is 23.5. The van der Waals surface area contributed by atoms with Gasteiger partial charge in [-0.2, -0.15) is 0 Å². The number of hydrogen-bond donors (Lipinski definition) is 2. The maximum atomic E-state index is 11.5. The van der Waals surface area contributed by atoms with Gasteiger partial charge in [0.25, 0.3) is 0 Å². The summed E-state index contributed by atoms with van der Waals surface area (Å²) < 4.78 is 28.6. The van der Waals surface area contributed by atoms with E-state index >= 15 is 0 Å². The fraction of sp³-hybridized carbons (Fsp3) is 0.381. The third kappa shape index (κ3) is 6.88. The molecule has 158 valence electrons. The molecule has 0 aromatic heterocycles. The number of fused-ring (bicyclic) bond motifs is 1. The summed E-state index contributed by atoms with van der Waals surface area (Å²) >= 11 is 0. The predicted molar refractivity (Wildman–Crippen MR) is 127 cm³/mol. The number of sulfone groups is 1. The van der Waals surface area contributed by atoms with Crippen LogP contribution in [-0.4, -0.2) is 40.3 Å². The standard InChI is InChI=1S/C21H27N3O3S.HI/c1-3-22-21(24-15-17-4-7-19(8-5-17)28(2,25)26)23-12-10-16-6-9-20-18(14-16)11-13-27-20;/h4-9,14H,3,10-13,15H2,1-2H3,(H2,22,23,24);1H. The molecular weight excluding hydrogens is 501 g/mol. The number of guanidine groups is 1. The highest BCUT2D eigenvalue weighted by Crippen LogP contribution is 2.25. The van der Waals surface area contributed by atoms with E-state index in [2.05, 4.69) is 33.8 Å². The minimum Gasteiger partial charge on any atom is -0.493 e. The number of aliphatic imine (C=N–C) groups is 1. The lowest BCUT2D eigenvalue weighted by atomic mass is 10.1. The number of ether oxygens (including phenoxy) is 1. The van der Waals surface area contributed by atoms with Gasteiger partial charge in [-0.1, -0.05) is 24.3 Å². The average Bonchev–Trinajstić information content (AvgIpc) is 3.13. The second kappa shape index (κ2) is 10.8. The number of halogens is 1. The maximum Gasteiger partial charge on any atom is 0.191 e. The molecule has 0 amide bonds. The van der Waals surface area contributed by atoms with Crippen LogP contribution in [0.1, 0.15) is 23.6 Å². The van der Waals surface area contributed by atoms with Crippen molar-refractivity contribution >= 4 is 39.8 Å². The number of nitrogens with one attached hydrogen (secondary N) is 2. The summed E-state index contributed by atoms with van der Waals surface area (Å²) in [6.07, 6.45) is 3.10. The van der Waals surface area contributed by atoms with E-state index in [1.807, 2.05) is 6.92 Å². The fourth-order valence-electron chi connectivity index (χ4n) is 3.07. The van der Waals surface area contributed by atoms with Crippen LogP contribution in [0.5, 0.6) is 5.75 Å². The average molecular weight is 529 g/mol. The molecule has 6 nitrogen and oxygen atoms in total. The van der Waals surface area contributed by atoms with Crippen LogP contribution in [0, 0.1) is 0 Å². The van der Waals surface area contributed by atoms with Gasteiger partial charge in [0.2, 0.25) is 0 Å². The van der Waals surface area contributed by atoms with E-state index in [-0.39, 0.29) is 24.0 Å². The van der Waals surface area contributed by atoms with Crippen molar-refractivity contribution in [2.75, 3.05) is 26.0 Å². The first-order chi connectivity index (χ1) is 13.5. The summed E-state index contributed by atoms with van der Waals surface area (Å²) in [6, 6.07) is 13.2. The molecule has 1 heterocycles. The molecule has 0 aliphatic carbocycles.